The average Bonchev–Trinajstić information content (AvgIpc) is 2.23. The first kappa shape index (κ1) is 15.7. The fourth-order valence-corrected chi connectivity index (χ4v) is 2.42. The Bertz CT molecular complexity index is 449. The van der Waals surface area contributed by atoms with Crippen LogP contribution in [0.5, 0.6) is 0 Å². The van der Waals surface area contributed by atoms with Gasteiger partial charge in [0.05, 0.1) is 0 Å². The van der Waals surface area contributed by atoms with Gasteiger partial charge in [0.25, 0.3) is 0 Å². The monoisotopic (exact) mass is 262 g/mol. The minimum Gasteiger partial charge on any atom is -0.326 e. The number of rotatable bonds is 4. The minimum absolute atomic E-state index is 0.119. The summed E-state index contributed by atoms with van der Waals surface area (Å²) >= 11 is 0. The Labute approximate surface area is 116 Å². The lowest BCUT2D eigenvalue weighted by Crippen LogP contribution is -2.35. The fraction of sp³-hybridized carbons (Fsp3) is 0.562. The van der Waals surface area contributed by atoms with Crippen molar-refractivity contribution in [2.24, 2.45) is 5.73 Å². The van der Waals surface area contributed by atoms with Crippen LogP contribution in [-0.2, 0) is 4.79 Å². The van der Waals surface area contributed by atoms with Crippen molar-refractivity contribution >= 4 is 11.6 Å². The first-order valence-electron chi connectivity index (χ1n) is 6.75. The number of carbonyl (C=O) groups is 1. The van der Waals surface area contributed by atoms with E-state index in [1.54, 1.807) is 4.90 Å². The van der Waals surface area contributed by atoms with E-state index in [4.69, 9.17) is 5.73 Å². The van der Waals surface area contributed by atoms with Gasteiger partial charge in [-0.3, -0.25) is 4.79 Å². The Morgan fingerprint density at radius 3 is 2.11 bits per heavy atom. The van der Waals surface area contributed by atoms with Crippen LogP contribution < -0.4 is 10.6 Å². The van der Waals surface area contributed by atoms with Gasteiger partial charge >= 0.3 is 0 Å². The number of hydrogen-bond acceptors (Lipinski definition) is 2. The lowest BCUT2D eigenvalue weighted by molar-refractivity contribution is -0.118. The van der Waals surface area contributed by atoms with E-state index in [-0.39, 0.29) is 11.4 Å². The van der Waals surface area contributed by atoms with Gasteiger partial charge in [0, 0.05) is 24.7 Å². The van der Waals surface area contributed by atoms with Crippen LogP contribution in [0.3, 0.4) is 0 Å². The number of nitrogens with two attached hydrogens (primary N) is 1. The smallest absolute Gasteiger partial charge is 0.226 e. The predicted octanol–water partition coefficient (Wildman–Crippen LogP) is 3.09. The molecule has 1 amide bonds. The van der Waals surface area contributed by atoms with Crippen molar-refractivity contribution < 1.29 is 4.79 Å². The van der Waals surface area contributed by atoms with E-state index < -0.39 is 0 Å². The van der Waals surface area contributed by atoms with E-state index in [0.29, 0.717) is 12.8 Å². The molecule has 19 heavy (non-hydrogen) atoms. The molecular formula is C16H26N2O. The maximum atomic E-state index is 12.2. The summed E-state index contributed by atoms with van der Waals surface area (Å²) in [5, 5.41) is 0. The number of nitrogens with zero attached hydrogens (tertiary/aromatic N) is 1. The third-order valence-corrected chi connectivity index (χ3v) is 3.33. The Balaban J connectivity index is 2.89. The van der Waals surface area contributed by atoms with Crippen molar-refractivity contribution in [2.75, 3.05) is 11.9 Å². The standard InChI is InChI=1S/C16H26N2O/c1-11-9-12(2)15(13(3)10-11)18(6)14(19)7-8-16(4,5)17/h9-10H,7-8,17H2,1-6H3. The SMILES string of the molecule is Cc1cc(C)c(N(C)C(=O)CCC(C)(C)N)c(C)c1. The molecule has 0 aliphatic rings. The first-order valence-corrected chi connectivity index (χ1v) is 6.75. The largest absolute Gasteiger partial charge is 0.326 e. The van der Waals surface area contributed by atoms with Crippen molar-refractivity contribution in [3.63, 3.8) is 0 Å². The van der Waals surface area contributed by atoms with Gasteiger partial charge < -0.3 is 10.6 Å². The fourth-order valence-electron chi connectivity index (χ4n) is 2.42. The average molecular weight is 262 g/mol. The highest BCUT2D eigenvalue weighted by molar-refractivity contribution is 5.94. The van der Waals surface area contributed by atoms with Crippen molar-refractivity contribution in [1.82, 2.24) is 0 Å². The second-order valence-corrected chi connectivity index (χ2v) is 6.19. The number of benzene rings is 1. The third-order valence-electron chi connectivity index (χ3n) is 3.33. The Hall–Kier alpha value is -1.35. The quantitative estimate of drug-likeness (QED) is 0.906. The highest BCUT2D eigenvalue weighted by atomic mass is 16.2. The van der Waals surface area contributed by atoms with Crippen LogP contribution in [-0.4, -0.2) is 18.5 Å². The third kappa shape index (κ3) is 4.35. The maximum absolute atomic E-state index is 12.2. The summed E-state index contributed by atoms with van der Waals surface area (Å²) in [5.41, 5.74) is 10.2. The van der Waals surface area contributed by atoms with Gasteiger partial charge in [-0.05, 0) is 52.2 Å². The van der Waals surface area contributed by atoms with Gasteiger partial charge in [-0.2, -0.15) is 0 Å². The zero-order chi connectivity index (χ0) is 14.8. The van der Waals surface area contributed by atoms with Crippen LogP contribution in [0, 0.1) is 20.8 Å². The van der Waals surface area contributed by atoms with E-state index in [1.165, 1.54) is 5.56 Å². The van der Waals surface area contributed by atoms with Crippen LogP contribution >= 0.6 is 0 Å². The molecule has 0 saturated heterocycles. The molecule has 0 spiro atoms. The predicted molar refractivity (Wildman–Crippen MR) is 81.6 cm³/mol. The van der Waals surface area contributed by atoms with E-state index in [9.17, 15) is 4.79 Å². The molecule has 0 aromatic heterocycles. The first-order chi connectivity index (χ1) is 8.61. The van der Waals surface area contributed by atoms with E-state index in [0.717, 1.165) is 16.8 Å². The van der Waals surface area contributed by atoms with Gasteiger partial charge in [0.1, 0.15) is 0 Å². The number of carbonyl (C=O) groups excluding carboxylic acids is 1. The van der Waals surface area contributed by atoms with Gasteiger partial charge in [0.15, 0.2) is 0 Å². The van der Waals surface area contributed by atoms with E-state index in [1.807, 2.05) is 34.7 Å². The zero-order valence-corrected chi connectivity index (χ0v) is 13.0. The lowest BCUT2D eigenvalue weighted by Gasteiger charge is -2.24. The Morgan fingerprint density at radius 2 is 1.68 bits per heavy atom. The summed E-state index contributed by atoms with van der Waals surface area (Å²) in [7, 11) is 1.84. The number of amides is 1. The summed E-state index contributed by atoms with van der Waals surface area (Å²) < 4.78 is 0. The number of anilines is 1. The van der Waals surface area contributed by atoms with Crippen molar-refractivity contribution in [1.29, 1.82) is 0 Å². The normalized spacial score (nSPS) is 11.5. The van der Waals surface area contributed by atoms with E-state index >= 15 is 0 Å². The summed E-state index contributed by atoms with van der Waals surface area (Å²) in [4.78, 5) is 14.0. The van der Waals surface area contributed by atoms with Crippen LogP contribution in [0.4, 0.5) is 5.69 Å². The molecule has 0 saturated carbocycles. The summed E-state index contributed by atoms with van der Waals surface area (Å²) in [6.45, 7) is 10.1. The van der Waals surface area contributed by atoms with Gasteiger partial charge in [-0.1, -0.05) is 17.7 Å². The highest BCUT2D eigenvalue weighted by Gasteiger charge is 2.19. The topological polar surface area (TPSA) is 46.3 Å². The minimum atomic E-state index is -0.298. The molecule has 0 bridgehead atoms. The van der Waals surface area contributed by atoms with Gasteiger partial charge in [-0.25, -0.2) is 0 Å². The van der Waals surface area contributed by atoms with Crippen LogP contribution in [0.2, 0.25) is 0 Å². The molecule has 1 aromatic rings. The Morgan fingerprint density at radius 1 is 1.21 bits per heavy atom. The molecule has 0 unspecified atom stereocenters. The molecular weight excluding hydrogens is 236 g/mol. The van der Waals surface area contributed by atoms with Gasteiger partial charge in [0.2, 0.25) is 5.91 Å². The molecule has 0 aliphatic heterocycles. The number of aryl methyl sites for hydroxylation is 3. The maximum Gasteiger partial charge on any atom is 0.226 e. The molecule has 2 N–H and O–H groups in total. The van der Waals surface area contributed by atoms with Crippen molar-refractivity contribution in [3.05, 3.63) is 28.8 Å². The Kier molecular flexibility index (Phi) is 4.75. The second-order valence-electron chi connectivity index (χ2n) is 6.19. The zero-order valence-electron chi connectivity index (χ0n) is 13.0. The molecule has 3 nitrogen and oxygen atoms in total. The molecule has 0 atom stereocenters. The molecule has 0 aliphatic carbocycles. The molecule has 0 fully saturated rings. The molecule has 106 valence electrons. The van der Waals surface area contributed by atoms with Crippen molar-refractivity contribution in [2.45, 2.75) is 53.0 Å². The highest BCUT2D eigenvalue weighted by Crippen LogP contribution is 2.26. The van der Waals surface area contributed by atoms with Crippen molar-refractivity contribution in [3.8, 4) is 0 Å². The van der Waals surface area contributed by atoms with Crippen LogP contribution in [0.15, 0.2) is 12.1 Å². The summed E-state index contributed by atoms with van der Waals surface area (Å²) in [6.07, 6.45) is 1.17. The molecule has 3 heteroatoms. The molecule has 0 heterocycles. The molecule has 1 rings (SSSR count). The summed E-state index contributed by atoms with van der Waals surface area (Å²) in [6, 6.07) is 4.22. The van der Waals surface area contributed by atoms with Crippen LogP contribution in [0.1, 0.15) is 43.4 Å². The molecule has 0 radical (unpaired) electrons. The van der Waals surface area contributed by atoms with Gasteiger partial charge in [-0.15, -0.1) is 0 Å². The second kappa shape index (κ2) is 5.74. The number of hydrogen-bond donors (Lipinski definition) is 1. The van der Waals surface area contributed by atoms with E-state index in [2.05, 4.69) is 19.1 Å². The molecule has 1 aromatic carbocycles. The summed E-state index contributed by atoms with van der Waals surface area (Å²) in [5.74, 6) is 0.119. The lowest BCUT2D eigenvalue weighted by atomic mass is 9.99. The van der Waals surface area contributed by atoms with Crippen LogP contribution in [0.25, 0.3) is 0 Å².